The summed E-state index contributed by atoms with van der Waals surface area (Å²) in [5, 5.41) is 8.95. The van der Waals surface area contributed by atoms with Gasteiger partial charge in [0.25, 0.3) is 0 Å². The molecule has 0 amide bonds. The molecule has 1 aliphatic heterocycles. The van der Waals surface area contributed by atoms with Crippen molar-refractivity contribution in [3.63, 3.8) is 0 Å². The normalized spacial score (nSPS) is 18.4. The van der Waals surface area contributed by atoms with Gasteiger partial charge in [-0.1, -0.05) is 6.08 Å². The van der Waals surface area contributed by atoms with Gasteiger partial charge in [-0.2, -0.15) is 13.2 Å². The number of carboxylic acid groups (broad SMARTS) is 1. The quantitative estimate of drug-likeness (QED) is 0.868. The zero-order valence-corrected chi connectivity index (χ0v) is 11.7. The number of hydrogen-bond donors (Lipinski definition) is 1. The van der Waals surface area contributed by atoms with Gasteiger partial charge in [0.1, 0.15) is 5.76 Å². The van der Waals surface area contributed by atoms with Crippen molar-refractivity contribution in [2.75, 3.05) is 13.1 Å². The maximum absolute atomic E-state index is 12.6. The van der Waals surface area contributed by atoms with Crippen molar-refractivity contribution < 1.29 is 27.5 Å². The largest absolute Gasteiger partial charge is 0.475 e. The highest BCUT2D eigenvalue weighted by molar-refractivity contribution is 5.86. The zero-order chi connectivity index (χ0) is 15.8. The predicted molar refractivity (Wildman–Crippen MR) is 69.1 cm³/mol. The minimum absolute atomic E-state index is 0.0701. The van der Waals surface area contributed by atoms with E-state index in [1.54, 1.807) is 19.9 Å². The number of aryl methyl sites for hydroxylation is 1. The molecule has 0 fully saturated rings. The molecular formula is C14H16F3NO3. The van der Waals surface area contributed by atoms with Crippen molar-refractivity contribution in [1.29, 1.82) is 0 Å². The number of hydrogen-bond acceptors (Lipinski definition) is 3. The van der Waals surface area contributed by atoms with Crippen LogP contribution in [0.5, 0.6) is 0 Å². The highest BCUT2D eigenvalue weighted by Crippen LogP contribution is 2.33. The monoisotopic (exact) mass is 303 g/mol. The van der Waals surface area contributed by atoms with Gasteiger partial charge in [-0.3, -0.25) is 4.90 Å². The second-order valence-electron chi connectivity index (χ2n) is 5.11. The number of carbonyl (C=O) groups is 1. The lowest BCUT2D eigenvalue weighted by Gasteiger charge is -2.31. The first-order valence-electron chi connectivity index (χ1n) is 6.54. The van der Waals surface area contributed by atoms with Crippen molar-refractivity contribution in [1.82, 2.24) is 4.90 Å². The third-order valence-electron chi connectivity index (χ3n) is 3.70. The Morgan fingerprint density at radius 3 is 2.57 bits per heavy atom. The molecule has 0 saturated heterocycles. The van der Waals surface area contributed by atoms with Gasteiger partial charge >= 0.3 is 12.1 Å². The van der Waals surface area contributed by atoms with E-state index in [9.17, 15) is 18.0 Å². The van der Waals surface area contributed by atoms with Gasteiger partial charge in [0.05, 0.1) is 6.04 Å². The fraction of sp³-hybridized carbons (Fsp3) is 0.500. The molecule has 1 N–H and O–H groups in total. The van der Waals surface area contributed by atoms with Crippen LogP contribution in [0.1, 0.15) is 41.3 Å². The third kappa shape index (κ3) is 3.29. The Kier molecular flexibility index (Phi) is 4.13. The van der Waals surface area contributed by atoms with Crippen molar-refractivity contribution in [3.8, 4) is 0 Å². The van der Waals surface area contributed by atoms with Crippen LogP contribution in [0.3, 0.4) is 0 Å². The molecule has 1 unspecified atom stereocenters. The Morgan fingerprint density at radius 1 is 1.48 bits per heavy atom. The number of aromatic carboxylic acids is 1. The molecule has 116 valence electrons. The van der Waals surface area contributed by atoms with Crippen molar-refractivity contribution in [2.45, 2.75) is 32.5 Å². The zero-order valence-electron chi connectivity index (χ0n) is 11.7. The van der Waals surface area contributed by atoms with E-state index >= 15 is 0 Å². The molecule has 7 heteroatoms. The summed E-state index contributed by atoms with van der Waals surface area (Å²) in [5.41, 5.74) is 0.000632. The SMILES string of the molecule is Cc1cc(C(C)N2CC=C(C(F)(F)F)CC2)oc1C(=O)O. The first kappa shape index (κ1) is 15.6. The van der Waals surface area contributed by atoms with E-state index in [0.717, 1.165) is 0 Å². The van der Waals surface area contributed by atoms with Crippen LogP contribution in [0, 0.1) is 6.92 Å². The fourth-order valence-electron chi connectivity index (χ4n) is 2.40. The molecule has 0 bridgehead atoms. The summed E-state index contributed by atoms with van der Waals surface area (Å²) < 4.78 is 43.0. The number of rotatable bonds is 3. The molecule has 2 rings (SSSR count). The molecule has 1 aromatic rings. The molecule has 1 atom stereocenters. The Hall–Kier alpha value is -1.76. The molecule has 4 nitrogen and oxygen atoms in total. The number of carboxylic acids is 1. The van der Waals surface area contributed by atoms with Gasteiger partial charge in [-0.15, -0.1) is 0 Å². The minimum atomic E-state index is -4.27. The molecule has 0 aliphatic carbocycles. The van der Waals surface area contributed by atoms with Gasteiger partial charge in [0.2, 0.25) is 5.76 Å². The van der Waals surface area contributed by atoms with Gasteiger partial charge in [-0.05, 0) is 26.3 Å². The first-order chi connectivity index (χ1) is 9.70. The van der Waals surface area contributed by atoms with E-state index in [4.69, 9.17) is 9.52 Å². The number of furan rings is 1. The summed E-state index contributed by atoms with van der Waals surface area (Å²) >= 11 is 0. The number of nitrogens with zero attached hydrogens (tertiary/aromatic N) is 1. The maximum atomic E-state index is 12.6. The summed E-state index contributed by atoms with van der Waals surface area (Å²) in [4.78, 5) is 12.8. The first-order valence-corrected chi connectivity index (χ1v) is 6.54. The Balaban J connectivity index is 2.12. The molecule has 1 aliphatic rings. The Bertz CT molecular complexity index is 575. The number of halogens is 3. The second kappa shape index (κ2) is 5.55. The van der Waals surface area contributed by atoms with Crippen LogP contribution < -0.4 is 0 Å². The summed E-state index contributed by atoms with van der Waals surface area (Å²) in [6.07, 6.45) is -3.17. The summed E-state index contributed by atoms with van der Waals surface area (Å²) in [7, 11) is 0. The summed E-state index contributed by atoms with van der Waals surface area (Å²) in [5.74, 6) is -0.821. The van der Waals surface area contributed by atoms with E-state index in [0.29, 0.717) is 11.3 Å². The average molecular weight is 303 g/mol. The smallest absolute Gasteiger partial charge is 0.412 e. The van der Waals surface area contributed by atoms with E-state index in [-0.39, 0.29) is 31.3 Å². The Morgan fingerprint density at radius 2 is 2.14 bits per heavy atom. The van der Waals surface area contributed by atoms with E-state index in [1.807, 2.05) is 4.90 Å². The lowest BCUT2D eigenvalue weighted by molar-refractivity contribution is -0.0964. The minimum Gasteiger partial charge on any atom is -0.475 e. The molecule has 21 heavy (non-hydrogen) atoms. The van der Waals surface area contributed by atoms with Crippen LogP contribution in [0.25, 0.3) is 0 Å². The molecule has 0 spiro atoms. The number of alkyl halides is 3. The molecule has 1 aromatic heterocycles. The van der Waals surface area contributed by atoms with Crippen LogP contribution >= 0.6 is 0 Å². The molecule has 0 aromatic carbocycles. The van der Waals surface area contributed by atoms with E-state index < -0.39 is 17.7 Å². The summed E-state index contributed by atoms with van der Waals surface area (Å²) in [6.45, 7) is 3.84. The highest BCUT2D eigenvalue weighted by Gasteiger charge is 2.35. The molecule has 0 radical (unpaired) electrons. The van der Waals surface area contributed by atoms with Crippen LogP contribution in [0.4, 0.5) is 13.2 Å². The van der Waals surface area contributed by atoms with E-state index in [2.05, 4.69) is 0 Å². The van der Waals surface area contributed by atoms with Crippen LogP contribution in [-0.4, -0.2) is 35.2 Å². The van der Waals surface area contributed by atoms with Crippen molar-refractivity contribution >= 4 is 5.97 Å². The fourth-order valence-corrected chi connectivity index (χ4v) is 2.40. The van der Waals surface area contributed by atoms with E-state index in [1.165, 1.54) is 6.08 Å². The van der Waals surface area contributed by atoms with Crippen molar-refractivity contribution in [3.05, 3.63) is 34.8 Å². The predicted octanol–water partition coefficient (Wildman–Crippen LogP) is 3.54. The highest BCUT2D eigenvalue weighted by atomic mass is 19.4. The van der Waals surface area contributed by atoms with Gasteiger partial charge in [0, 0.05) is 24.2 Å². The standard InChI is InChI=1S/C14H16F3NO3/c1-8-7-11(21-12(8)13(19)20)9(2)18-5-3-10(4-6-18)14(15,16)17/h3,7,9H,4-6H2,1-2H3,(H,19,20). The van der Waals surface area contributed by atoms with Gasteiger partial charge < -0.3 is 9.52 Å². The maximum Gasteiger partial charge on any atom is 0.412 e. The lowest BCUT2D eigenvalue weighted by Crippen LogP contribution is -2.33. The van der Waals surface area contributed by atoms with Crippen LogP contribution in [0.2, 0.25) is 0 Å². The second-order valence-corrected chi connectivity index (χ2v) is 5.11. The molecule has 0 saturated carbocycles. The van der Waals surface area contributed by atoms with Gasteiger partial charge in [0.15, 0.2) is 0 Å². The topological polar surface area (TPSA) is 53.7 Å². The van der Waals surface area contributed by atoms with Gasteiger partial charge in [-0.25, -0.2) is 4.79 Å². The Labute approximate surface area is 119 Å². The van der Waals surface area contributed by atoms with Crippen molar-refractivity contribution in [2.24, 2.45) is 0 Å². The summed E-state index contributed by atoms with van der Waals surface area (Å²) in [6, 6.07) is 1.35. The average Bonchev–Trinajstić information content (AvgIpc) is 2.79. The molecular weight excluding hydrogens is 287 g/mol. The van der Waals surface area contributed by atoms with Crippen LogP contribution in [0.15, 0.2) is 22.1 Å². The molecule has 2 heterocycles. The van der Waals surface area contributed by atoms with Crippen LogP contribution in [-0.2, 0) is 0 Å². The lowest BCUT2D eigenvalue weighted by atomic mass is 10.1. The third-order valence-corrected chi connectivity index (χ3v) is 3.70.